The van der Waals surface area contributed by atoms with Gasteiger partial charge in [-0.3, -0.25) is 9.78 Å². The van der Waals surface area contributed by atoms with Crippen molar-refractivity contribution in [1.82, 2.24) is 4.98 Å². The van der Waals surface area contributed by atoms with E-state index < -0.39 is 5.82 Å². The van der Waals surface area contributed by atoms with Crippen LogP contribution < -0.4 is 10.6 Å². The highest BCUT2D eigenvalue weighted by molar-refractivity contribution is 6.07. The summed E-state index contributed by atoms with van der Waals surface area (Å²) in [5.41, 5.74) is 2.39. The number of rotatable bonds is 4. The second-order valence-corrected chi connectivity index (χ2v) is 4.37. The molecule has 0 spiro atoms. The number of pyridine rings is 1. The molecule has 1 heterocycles. The molecule has 1 aromatic carbocycles. The fourth-order valence-corrected chi connectivity index (χ4v) is 1.84. The van der Waals surface area contributed by atoms with Crippen molar-refractivity contribution in [3.63, 3.8) is 0 Å². The van der Waals surface area contributed by atoms with E-state index in [0.717, 1.165) is 5.69 Å². The summed E-state index contributed by atoms with van der Waals surface area (Å²) in [7, 11) is 0. The zero-order chi connectivity index (χ0) is 14.5. The number of aromatic nitrogens is 1. The number of carbonyl (C=O) groups excluding carboxylic acids is 1. The number of amides is 1. The number of nitrogens with zero attached hydrogens (tertiary/aromatic N) is 1. The highest BCUT2D eigenvalue weighted by atomic mass is 19.1. The van der Waals surface area contributed by atoms with E-state index in [-0.39, 0.29) is 5.91 Å². The van der Waals surface area contributed by atoms with E-state index in [1.54, 1.807) is 12.1 Å². The van der Waals surface area contributed by atoms with E-state index in [1.165, 1.54) is 18.3 Å². The van der Waals surface area contributed by atoms with Crippen LogP contribution in [0.3, 0.4) is 0 Å². The molecule has 0 bridgehead atoms. The Bertz CT molecular complexity index is 628. The quantitative estimate of drug-likeness (QED) is 0.899. The molecule has 4 nitrogen and oxygen atoms in total. The van der Waals surface area contributed by atoms with Gasteiger partial charge in [-0.25, -0.2) is 4.39 Å². The molecule has 0 aliphatic heterocycles. The molecule has 5 heteroatoms. The van der Waals surface area contributed by atoms with Gasteiger partial charge in [0.2, 0.25) is 0 Å². The van der Waals surface area contributed by atoms with Crippen LogP contribution in [0.15, 0.2) is 36.5 Å². The lowest BCUT2D eigenvalue weighted by Gasteiger charge is -2.11. The van der Waals surface area contributed by atoms with Crippen molar-refractivity contribution in [2.75, 3.05) is 17.2 Å². The monoisotopic (exact) mass is 273 g/mol. The lowest BCUT2D eigenvalue weighted by atomic mass is 10.2. The number of hydrogen-bond acceptors (Lipinski definition) is 3. The van der Waals surface area contributed by atoms with Crippen molar-refractivity contribution >= 4 is 17.3 Å². The van der Waals surface area contributed by atoms with Crippen molar-refractivity contribution in [2.45, 2.75) is 13.8 Å². The molecule has 0 aliphatic carbocycles. The third-order valence-corrected chi connectivity index (χ3v) is 2.74. The molecule has 2 aromatic rings. The summed E-state index contributed by atoms with van der Waals surface area (Å²) in [5.74, 6) is -0.712. The molecular formula is C15H16FN3O. The zero-order valence-corrected chi connectivity index (χ0v) is 11.4. The molecule has 0 atom stereocenters. The number of benzene rings is 1. The molecular weight excluding hydrogens is 257 g/mol. The van der Waals surface area contributed by atoms with Crippen molar-refractivity contribution in [3.05, 3.63) is 53.6 Å². The van der Waals surface area contributed by atoms with Crippen LogP contribution in [0, 0.1) is 12.7 Å². The molecule has 2 rings (SSSR count). The minimum Gasteiger partial charge on any atom is -0.385 e. The second-order valence-electron chi connectivity index (χ2n) is 4.37. The smallest absolute Gasteiger partial charge is 0.259 e. The Kier molecular flexibility index (Phi) is 4.30. The van der Waals surface area contributed by atoms with Crippen LogP contribution in [0.2, 0.25) is 0 Å². The Hall–Kier alpha value is -2.43. The number of carbonyl (C=O) groups is 1. The van der Waals surface area contributed by atoms with Crippen LogP contribution in [-0.2, 0) is 0 Å². The topological polar surface area (TPSA) is 54.0 Å². The molecule has 1 amide bonds. The maximum Gasteiger partial charge on any atom is 0.259 e. The third-order valence-electron chi connectivity index (χ3n) is 2.74. The van der Waals surface area contributed by atoms with Crippen LogP contribution in [0.1, 0.15) is 23.0 Å². The molecule has 2 N–H and O–H groups in total. The third kappa shape index (κ3) is 3.32. The molecule has 0 saturated heterocycles. The van der Waals surface area contributed by atoms with Crippen LogP contribution in [-0.4, -0.2) is 17.4 Å². The second kappa shape index (κ2) is 6.14. The van der Waals surface area contributed by atoms with E-state index in [4.69, 9.17) is 0 Å². The van der Waals surface area contributed by atoms with Crippen LogP contribution in [0.25, 0.3) is 0 Å². The van der Waals surface area contributed by atoms with E-state index in [2.05, 4.69) is 15.6 Å². The van der Waals surface area contributed by atoms with Gasteiger partial charge in [-0.05, 0) is 38.1 Å². The first kappa shape index (κ1) is 14.0. The Morgan fingerprint density at radius 2 is 2.15 bits per heavy atom. The average Bonchev–Trinajstić information content (AvgIpc) is 2.39. The SMILES string of the molecule is CCNc1cc(C)ncc1C(=O)Nc1cccc(F)c1. The van der Waals surface area contributed by atoms with Crippen molar-refractivity contribution in [2.24, 2.45) is 0 Å². The molecule has 0 saturated carbocycles. The van der Waals surface area contributed by atoms with E-state index >= 15 is 0 Å². The minimum absolute atomic E-state index is 0.320. The molecule has 0 aliphatic rings. The molecule has 0 fully saturated rings. The standard InChI is InChI=1S/C15H16FN3O/c1-3-17-14-7-10(2)18-9-13(14)15(20)19-12-6-4-5-11(16)8-12/h4-9H,3H2,1-2H3,(H,17,18)(H,19,20). The molecule has 0 unspecified atom stereocenters. The van der Waals surface area contributed by atoms with E-state index in [9.17, 15) is 9.18 Å². The highest BCUT2D eigenvalue weighted by Gasteiger charge is 2.12. The van der Waals surface area contributed by atoms with Gasteiger partial charge in [-0.15, -0.1) is 0 Å². The van der Waals surface area contributed by atoms with Gasteiger partial charge in [0.1, 0.15) is 5.82 Å². The maximum atomic E-state index is 13.1. The molecule has 104 valence electrons. The summed E-state index contributed by atoms with van der Waals surface area (Å²) in [5, 5.41) is 5.78. The van der Waals surface area contributed by atoms with Gasteiger partial charge in [0.25, 0.3) is 5.91 Å². The van der Waals surface area contributed by atoms with Gasteiger partial charge in [0.15, 0.2) is 0 Å². The number of hydrogen-bond donors (Lipinski definition) is 2. The van der Waals surface area contributed by atoms with Gasteiger partial charge in [-0.1, -0.05) is 6.07 Å². The minimum atomic E-state index is -0.392. The summed E-state index contributed by atoms with van der Waals surface area (Å²) in [6.45, 7) is 4.50. The van der Waals surface area contributed by atoms with Gasteiger partial charge >= 0.3 is 0 Å². The molecule has 20 heavy (non-hydrogen) atoms. The fraction of sp³-hybridized carbons (Fsp3) is 0.200. The molecule has 0 radical (unpaired) electrons. The van der Waals surface area contributed by atoms with Crippen LogP contribution in [0.5, 0.6) is 0 Å². The van der Waals surface area contributed by atoms with Gasteiger partial charge in [0.05, 0.1) is 11.3 Å². The van der Waals surface area contributed by atoms with Gasteiger partial charge in [0, 0.05) is 24.1 Å². The summed E-state index contributed by atoms with van der Waals surface area (Å²) < 4.78 is 13.1. The first-order chi connectivity index (χ1) is 9.60. The summed E-state index contributed by atoms with van der Waals surface area (Å²) in [4.78, 5) is 16.3. The van der Waals surface area contributed by atoms with Crippen molar-refractivity contribution < 1.29 is 9.18 Å². The number of halogens is 1. The van der Waals surface area contributed by atoms with Gasteiger partial charge < -0.3 is 10.6 Å². The Morgan fingerprint density at radius 3 is 2.85 bits per heavy atom. The predicted molar refractivity (Wildman–Crippen MR) is 77.5 cm³/mol. The number of aryl methyl sites for hydroxylation is 1. The number of anilines is 2. The van der Waals surface area contributed by atoms with E-state index in [0.29, 0.717) is 23.5 Å². The average molecular weight is 273 g/mol. The summed E-state index contributed by atoms with van der Waals surface area (Å²) in [6, 6.07) is 7.59. The summed E-state index contributed by atoms with van der Waals surface area (Å²) in [6.07, 6.45) is 1.52. The Labute approximate surface area is 117 Å². The summed E-state index contributed by atoms with van der Waals surface area (Å²) >= 11 is 0. The van der Waals surface area contributed by atoms with Crippen LogP contribution in [0.4, 0.5) is 15.8 Å². The maximum absolute atomic E-state index is 13.1. The highest BCUT2D eigenvalue weighted by Crippen LogP contribution is 2.18. The number of nitrogens with one attached hydrogen (secondary N) is 2. The largest absolute Gasteiger partial charge is 0.385 e. The normalized spacial score (nSPS) is 10.2. The lowest BCUT2D eigenvalue weighted by molar-refractivity contribution is 0.102. The first-order valence-electron chi connectivity index (χ1n) is 6.37. The lowest BCUT2D eigenvalue weighted by Crippen LogP contribution is -2.15. The fourth-order valence-electron chi connectivity index (χ4n) is 1.84. The van der Waals surface area contributed by atoms with Gasteiger partial charge in [-0.2, -0.15) is 0 Å². The Morgan fingerprint density at radius 1 is 1.35 bits per heavy atom. The van der Waals surface area contributed by atoms with Crippen molar-refractivity contribution in [1.29, 1.82) is 0 Å². The zero-order valence-electron chi connectivity index (χ0n) is 11.4. The molecule has 1 aromatic heterocycles. The Balaban J connectivity index is 2.24. The predicted octanol–water partition coefficient (Wildman–Crippen LogP) is 3.21. The van der Waals surface area contributed by atoms with Crippen molar-refractivity contribution in [3.8, 4) is 0 Å². The van der Waals surface area contributed by atoms with Crippen LogP contribution >= 0.6 is 0 Å². The van der Waals surface area contributed by atoms with E-state index in [1.807, 2.05) is 19.9 Å². The first-order valence-corrected chi connectivity index (χ1v) is 6.37.